The standard InChI is InChI=1S/C40H56N2O4.C7H9N/c1-24(2)6-5-7-25(3)35-18-19-36-33-23-37(46-39(44)27-10-14-29(42)15-11-27)34-22-30(45-38(43)26-8-12-28(41)13-9-26)16-17-31(34)32(33)20-21-40(35,36)4;1-6-2-4-7(8)5-3-6/h8-15,24-25,30-37H,5-7,16-23,41-42H2,1-4H3;2-5H,8H2,1H3. The third-order valence-corrected chi connectivity index (χ3v) is 14.0. The molecule has 0 heterocycles. The van der Waals surface area contributed by atoms with Crippen LogP contribution in [0.4, 0.5) is 17.1 Å². The molecule has 0 saturated heterocycles. The zero-order valence-corrected chi connectivity index (χ0v) is 33.3. The number of benzene rings is 3. The SMILES string of the molecule is CC(C)CCCC(C)C1CCC2C3CC(OC(=O)c4ccc(N)cc4)C4CC(OC(=O)c5ccc(N)cc5)CCC4C3CCC12C.Cc1ccc(N)cc1. The van der Waals surface area contributed by atoms with E-state index in [4.69, 9.17) is 26.7 Å². The number of anilines is 3. The molecule has 10 unspecified atom stereocenters. The Morgan fingerprint density at radius 3 is 1.80 bits per heavy atom. The van der Waals surface area contributed by atoms with Crippen LogP contribution < -0.4 is 17.2 Å². The molecular weight excluding hydrogens is 671 g/mol. The lowest BCUT2D eigenvalue weighted by Crippen LogP contribution is -2.54. The lowest BCUT2D eigenvalue weighted by molar-refractivity contribution is -0.132. The minimum atomic E-state index is -0.305. The molecular formula is C47H65N3O4. The van der Waals surface area contributed by atoms with Crippen LogP contribution in [-0.4, -0.2) is 24.1 Å². The molecule has 7 heteroatoms. The summed E-state index contributed by atoms with van der Waals surface area (Å²) in [7, 11) is 0. The van der Waals surface area contributed by atoms with E-state index in [-0.39, 0.29) is 30.1 Å². The van der Waals surface area contributed by atoms with Crippen LogP contribution in [0.15, 0.2) is 72.8 Å². The monoisotopic (exact) mass is 735 g/mol. The van der Waals surface area contributed by atoms with Gasteiger partial charge in [0.1, 0.15) is 12.2 Å². The van der Waals surface area contributed by atoms with Gasteiger partial charge >= 0.3 is 11.9 Å². The first-order valence-electron chi connectivity index (χ1n) is 20.8. The zero-order chi connectivity index (χ0) is 38.6. The van der Waals surface area contributed by atoms with E-state index in [0.717, 1.165) is 49.1 Å². The van der Waals surface area contributed by atoms with Gasteiger partial charge in [0.05, 0.1) is 11.1 Å². The molecule has 54 heavy (non-hydrogen) atoms. The first-order chi connectivity index (χ1) is 25.8. The summed E-state index contributed by atoms with van der Waals surface area (Å²) in [5, 5.41) is 0. The van der Waals surface area contributed by atoms with Gasteiger partial charge in [-0.05, 0) is 166 Å². The van der Waals surface area contributed by atoms with Crippen molar-refractivity contribution >= 4 is 29.0 Å². The predicted octanol–water partition coefficient (Wildman–Crippen LogP) is 10.5. The van der Waals surface area contributed by atoms with Gasteiger partial charge in [0.25, 0.3) is 0 Å². The topological polar surface area (TPSA) is 131 Å². The van der Waals surface area contributed by atoms with Gasteiger partial charge in [0, 0.05) is 23.0 Å². The molecule has 0 bridgehead atoms. The van der Waals surface area contributed by atoms with E-state index in [9.17, 15) is 9.59 Å². The fraction of sp³-hybridized carbons (Fsp3) is 0.574. The number of nitrogens with two attached hydrogens (primary N) is 3. The molecule has 7 rings (SSSR count). The smallest absolute Gasteiger partial charge is 0.338 e. The first kappa shape index (κ1) is 39.7. The molecule has 4 saturated carbocycles. The second-order valence-corrected chi connectivity index (χ2v) is 18.0. The van der Waals surface area contributed by atoms with E-state index < -0.39 is 0 Å². The van der Waals surface area contributed by atoms with Gasteiger partial charge in [-0.3, -0.25) is 0 Å². The summed E-state index contributed by atoms with van der Waals surface area (Å²) < 4.78 is 12.6. The number of ether oxygens (including phenoxy) is 2. The Hall–Kier alpha value is -4.00. The van der Waals surface area contributed by atoms with E-state index in [1.54, 1.807) is 48.5 Å². The van der Waals surface area contributed by atoms with Crippen LogP contribution in [0.25, 0.3) is 0 Å². The molecule has 0 aromatic heterocycles. The van der Waals surface area contributed by atoms with E-state index in [2.05, 4.69) is 27.7 Å². The van der Waals surface area contributed by atoms with Gasteiger partial charge in [-0.25, -0.2) is 9.59 Å². The fourth-order valence-corrected chi connectivity index (χ4v) is 11.3. The number of rotatable bonds is 9. The van der Waals surface area contributed by atoms with Crippen molar-refractivity contribution < 1.29 is 19.1 Å². The van der Waals surface area contributed by atoms with E-state index >= 15 is 0 Å². The Morgan fingerprint density at radius 2 is 1.22 bits per heavy atom. The Balaban J connectivity index is 0.000000552. The molecule has 4 aliphatic rings. The number of carbonyl (C=O) groups is 2. The van der Waals surface area contributed by atoms with Crippen LogP contribution in [0.2, 0.25) is 0 Å². The number of esters is 2. The van der Waals surface area contributed by atoms with Crippen LogP contribution in [0, 0.1) is 59.7 Å². The predicted molar refractivity (Wildman–Crippen MR) is 220 cm³/mol. The molecule has 3 aromatic carbocycles. The number of carbonyl (C=O) groups excluding carboxylic acids is 2. The minimum absolute atomic E-state index is 0.181. The van der Waals surface area contributed by atoms with Crippen molar-refractivity contribution in [1.82, 2.24) is 0 Å². The average molecular weight is 736 g/mol. The van der Waals surface area contributed by atoms with Crippen LogP contribution in [0.3, 0.4) is 0 Å². The Bertz CT molecular complexity index is 1670. The summed E-state index contributed by atoms with van der Waals surface area (Å²) in [5.41, 5.74) is 21.9. The van der Waals surface area contributed by atoms with Crippen molar-refractivity contribution in [3.63, 3.8) is 0 Å². The molecule has 0 spiro atoms. The van der Waals surface area contributed by atoms with Crippen molar-refractivity contribution in [2.24, 2.45) is 52.8 Å². The maximum atomic E-state index is 13.6. The Morgan fingerprint density at radius 1 is 0.667 bits per heavy atom. The third kappa shape index (κ3) is 9.09. The molecule has 7 nitrogen and oxygen atoms in total. The van der Waals surface area contributed by atoms with Crippen molar-refractivity contribution in [2.75, 3.05) is 17.2 Å². The molecule has 4 fully saturated rings. The van der Waals surface area contributed by atoms with Crippen LogP contribution in [-0.2, 0) is 9.47 Å². The molecule has 4 aliphatic carbocycles. The third-order valence-electron chi connectivity index (χ3n) is 14.0. The number of hydrogen-bond acceptors (Lipinski definition) is 7. The van der Waals surface area contributed by atoms with E-state index in [0.29, 0.717) is 51.6 Å². The van der Waals surface area contributed by atoms with Gasteiger partial charge in [-0.2, -0.15) is 0 Å². The average Bonchev–Trinajstić information content (AvgIpc) is 3.51. The number of aryl methyl sites for hydroxylation is 1. The van der Waals surface area contributed by atoms with Crippen LogP contribution in [0.5, 0.6) is 0 Å². The summed E-state index contributed by atoms with van der Waals surface area (Å²) in [6, 6.07) is 21.8. The summed E-state index contributed by atoms with van der Waals surface area (Å²) in [5.74, 6) is 4.32. The molecule has 3 aromatic rings. The molecule has 6 N–H and O–H groups in total. The van der Waals surface area contributed by atoms with Gasteiger partial charge in [-0.15, -0.1) is 0 Å². The van der Waals surface area contributed by atoms with Crippen LogP contribution in [0.1, 0.15) is 125 Å². The van der Waals surface area contributed by atoms with Gasteiger partial charge in [-0.1, -0.05) is 64.7 Å². The van der Waals surface area contributed by atoms with Crippen LogP contribution >= 0.6 is 0 Å². The minimum Gasteiger partial charge on any atom is -0.459 e. The molecule has 0 aliphatic heterocycles. The lowest BCUT2D eigenvalue weighted by atomic mass is 9.48. The first-order valence-corrected chi connectivity index (χ1v) is 20.8. The maximum Gasteiger partial charge on any atom is 0.338 e. The molecule has 0 amide bonds. The quantitative estimate of drug-likeness (QED) is 0.147. The van der Waals surface area contributed by atoms with E-state index in [1.807, 2.05) is 31.2 Å². The summed E-state index contributed by atoms with van der Waals surface area (Å²) in [4.78, 5) is 26.6. The highest BCUT2D eigenvalue weighted by Gasteiger charge is 2.60. The summed E-state index contributed by atoms with van der Waals surface area (Å²) >= 11 is 0. The second kappa shape index (κ2) is 17.2. The van der Waals surface area contributed by atoms with Crippen molar-refractivity contribution in [3.8, 4) is 0 Å². The molecule has 292 valence electrons. The highest BCUT2D eigenvalue weighted by atomic mass is 16.6. The number of nitrogen functional groups attached to an aromatic ring is 3. The second-order valence-electron chi connectivity index (χ2n) is 18.0. The van der Waals surface area contributed by atoms with Crippen molar-refractivity contribution in [2.45, 2.75) is 117 Å². The number of hydrogen-bond donors (Lipinski definition) is 3. The Labute approximate surface area is 324 Å². The Kier molecular flexibility index (Phi) is 12.6. The molecule has 0 radical (unpaired) electrons. The molecule has 10 atom stereocenters. The summed E-state index contributed by atoms with van der Waals surface area (Å²) in [6.45, 7) is 11.8. The highest BCUT2D eigenvalue weighted by molar-refractivity contribution is 5.90. The highest BCUT2D eigenvalue weighted by Crippen LogP contribution is 2.66. The fourth-order valence-electron chi connectivity index (χ4n) is 11.3. The maximum absolute atomic E-state index is 13.6. The largest absolute Gasteiger partial charge is 0.459 e. The van der Waals surface area contributed by atoms with E-state index in [1.165, 1.54) is 50.5 Å². The van der Waals surface area contributed by atoms with Crippen molar-refractivity contribution in [3.05, 3.63) is 89.5 Å². The van der Waals surface area contributed by atoms with Gasteiger partial charge in [0.15, 0.2) is 0 Å². The van der Waals surface area contributed by atoms with Gasteiger partial charge < -0.3 is 26.7 Å². The normalized spacial score (nSPS) is 30.5. The van der Waals surface area contributed by atoms with Crippen molar-refractivity contribution in [1.29, 1.82) is 0 Å². The summed E-state index contributed by atoms with van der Waals surface area (Å²) in [6.07, 6.45) is 12.4. The van der Waals surface area contributed by atoms with Gasteiger partial charge in [0.2, 0.25) is 0 Å². The number of fused-ring (bicyclic) bond motifs is 5. The lowest BCUT2D eigenvalue weighted by Gasteiger charge is -2.58. The zero-order valence-electron chi connectivity index (χ0n) is 33.3.